The van der Waals surface area contributed by atoms with E-state index in [0.717, 1.165) is 12.1 Å². The van der Waals surface area contributed by atoms with E-state index in [1.807, 2.05) is 10.3 Å². The molecule has 8 nitrogen and oxygen atoms in total. The fourth-order valence-electron chi connectivity index (χ4n) is 4.84. The van der Waals surface area contributed by atoms with Crippen molar-refractivity contribution in [2.75, 3.05) is 24.5 Å². The molecule has 1 aliphatic carbocycles. The van der Waals surface area contributed by atoms with Gasteiger partial charge in [0.05, 0.1) is 23.7 Å². The van der Waals surface area contributed by atoms with E-state index in [2.05, 4.69) is 15.0 Å². The van der Waals surface area contributed by atoms with Crippen LogP contribution in [0.5, 0.6) is 0 Å². The summed E-state index contributed by atoms with van der Waals surface area (Å²) in [6.07, 6.45) is 0.0699. The lowest BCUT2D eigenvalue weighted by atomic mass is 9.81. The minimum atomic E-state index is -4.54. The highest BCUT2D eigenvalue weighted by molar-refractivity contribution is 7.09. The van der Waals surface area contributed by atoms with Gasteiger partial charge >= 0.3 is 6.18 Å². The molecule has 1 aliphatic heterocycles. The predicted molar refractivity (Wildman–Crippen MR) is 125 cm³/mol. The van der Waals surface area contributed by atoms with E-state index in [1.165, 1.54) is 23.7 Å². The van der Waals surface area contributed by atoms with Gasteiger partial charge in [0, 0.05) is 37.4 Å². The molecule has 3 N–H and O–H groups in total. The summed E-state index contributed by atoms with van der Waals surface area (Å²) in [5.74, 6) is -0.436. The molecule has 35 heavy (non-hydrogen) atoms. The van der Waals surface area contributed by atoms with Gasteiger partial charge in [-0.1, -0.05) is 0 Å². The highest BCUT2D eigenvalue weighted by Crippen LogP contribution is 2.41. The average Bonchev–Trinajstić information content (AvgIpc) is 3.34. The topological polar surface area (TPSA) is 108 Å². The third kappa shape index (κ3) is 4.69. The molecule has 1 saturated carbocycles. The van der Waals surface area contributed by atoms with Gasteiger partial charge in [-0.2, -0.15) is 13.2 Å². The molecule has 2 aromatic heterocycles. The van der Waals surface area contributed by atoms with Crippen LogP contribution in [0.25, 0.3) is 10.9 Å². The van der Waals surface area contributed by atoms with E-state index >= 15 is 0 Å². The lowest BCUT2D eigenvalue weighted by Gasteiger charge is -2.51. The Kier molecular flexibility index (Phi) is 5.81. The number of carbonyl (C=O) groups is 1. The maximum atomic E-state index is 13.4. The molecular weight excluding hydrogens is 481 g/mol. The van der Waals surface area contributed by atoms with Crippen LogP contribution in [0.4, 0.5) is 19.0 Å². The normalized spacial score (nSPS) is 26.3. The molecule has 2 aliphatic rings. The number of anilines is 1. The molecule has 3 aromatic rings. The summed E-state index contributed by atoms with van der Waals surface area (Å²) in [7, 11) is 0. The number of hydrogen-bond donors (Lipinski definition) is 2. The summed E-state index contributed by atoms with van der Waals surface area (Å²) in [4.78, 5) is 28.0. The van der Waals surface area contributed by atoms with Gasteiger partial charge in [0.2, 0.25) is 5.91 Å². The Bertz CT molecular complexity index is 1260. The number of thiazole rings is 1. The number of halogens is 3. The van der Waals surface area contributed by atoms with Crippen molar-refractivity contribution in [3.05, 3.63) is 46.7 Å². The fourth-order valence-corrected chi connectivity index (χ4v) is 5.64. The van der Waals surface area contributed by atoms with Gasteiger partial charge < -0.3 is 15.7 Å². The first-order valence-corrected chi connectivity index (χ1v) is 12.1. The average molecular weight is 508 g/mol. The van der Waals surface area contributed by atoms with Gasteiger partial charge in [0.1, 0.15) is 22.8 Å². The first-order chi connectivity index (χ1) is 17.0. The van der Waals surface area contributed by atoms with E-state index in [0.29, 0.717) is 49.3 Å². The zero-order valence-electron chi connectivity index (χ0n) is 19.7. The molecule has 0 atom stereocenters. The number of amides is 1. The maximum Gasteiger partial charge on any atom is 0.416 e. The lowest BCUT2D eigenvalue weighted by Crippen LogP contribution is -2.64. The standard InChI is InChI=1S/C23H25F3N6O2S/c24-23(25,26)14-1-2-18-17(9-14)20(30-13-29-18)32(12-19(27)33)16-10-31(11-16)15-3-5-22(34,6-4-15)21-28-7-8-35-21/h1-2,7-9,13,15-16,34H,3-6,10-12H2,(H2,27,33)/i15D. The first kappa shape index (κ1) is 22.6. The third-order valence-corrected chi connectivity index (χ3v) is 7.74. The van der Waals surface area contributed by atoms with Crippen LogP contribution >= 0.6 is 11.3 Å². The maximum absolute atomic E-state index is 13.4. The minimum absolute atomic E-state index is 0.179. The molecule has 1 aromatic carbocycles. The van der Waals surface area contributed by atoms with Gasteiger partial charge in [0.15, 0.2) is 0 Å². The number of carbonyl (C=O) groups excluding carboxylic acids is 1. The summed E-state index contributed by atoms with van der Waals surface area (Å²) in [5.41, 5.74) is 3.94. The molecule has 0 spiro atoms. The molecule has 1 saturated heterocycles. The smallest absolute Gasteiger partial charge is 0.383 e. The first-order valence-electron chi connectivity index (χ1n) is 11.7. The molecule has 0 radical (unpaired) electrons. The van der Waals surface area contributed by atoms with Gasteiger partial charge in [0.25, 0.3) is 0 Å². The number of likely N-dealkylation sites (tertiary alicyclic amines) is 1. The summed E-state index contributed by atoms with van der Waals surface area (Å²) >= 11 is 1.40. The second kappa shape index (κ2) is 8.99. The third-order valence-electron chi connectivity index (χ3n) is 6.77. The van der Waals surface area contributed by atoms with Gasteiger partial charge in [-0.05, 0) is 43.9 Å². The number of alkyl halides is 3. The second-order valence-corrected chi connectivity index (χ2v) is 9.91. The number of benzene rings is 1. The van der Waals surface area contributed by atoms with Crippen LogP contribution in [0.15, 0.2) is 36.1 Å². The number of nitrogens with two attached hydrogens (primary N) is 1. The number of fused-ring (bicyclic) bond motifs is 1. The Morgan fingerprint density at radius 1 is 1.29 bits per heavy atom. The molecule has 2 fully saturated rings. The molecule has 186 valence electrons. The largest absolute Gasteiger partial charge is 0.416 e. The Balaban J connectivity index is 1.36. The zero-order chi connectivity index (χ0) is 25.7. The van der Waals surface area contributed by atoms with E-state index in [-0.39, 0.29) is 23.8 Å². The highest BCUT2D eigenvalue weighted by atomic mass is 32.1. The van der Waals surface area contributed by atoms with E-state index in [4.69, 9.17) is 7.10 Å². The number of rotatable bonds is 6. The lowest BCUT2D eigenvalue weighted by molar-refractivity contribution is -0.137. The Morgan fingerprint density at radius 2 is 2.03 bits per heavy atom. The van der Waals surface area contributed by atoms with Crippen LogP contribution in [0.3, 0.4) is 0 Å². The Hall–Kier alpha value is -2.83. The van der Waals surface area contributed by atoms with Crippen molar-refractivity contribution < 1.29 is 24.4 Å². The van der Waals surface area contributed by atoms with Crippen molar-refractivity contribution in [2.45, 2.75) is 49.5 Å². The van der Waals surface area contributed by atoms with Crippen molar-refractivity contribution in [3.8, 4) is 0 Å². The van der Waals surface area contributed by atoms with Crippen LogP contribution in [-0.4, -0.2) is 62.6 Å². The predicted octanol–water partition coefficient (Wildman–Crippen LogP) is 2.91. The Morgan fingerprint density at radius 3 is 2.66 bits per heavy atom. The fraction of sp³-hybridized carbons (Fsp3) is 0.478. The van der Waals surface area contributed by atoms with Crippen LogP contribution in [0.1, 0.15) is 37.6 Å². The van der Waals surface area contributed by atoms with E-state index in [1.54, 1.807) is 11.1 Å². The number of primary amides is 1. The summed E-state index contributed by atoms with van der Waals surface area (Å²) in [6, 6.07) is 2.07. The second-order valence-electron chi connectivity index (χ2n) is 9.02. The minimum Gasteiger partial charge on any atom is -0.383 e. The quantitative estimate of drug-likeness (QED) is 0.528. The molecule has 3 heterocycles. The van der Waals surface area contributed by atoms with Crippen molar-refractivity contribution in [1.82, 2.24) is 19.9 Å². The number of aromatic nitrogens is 3. The van der Waals surface area contributed by atoms with Crippen molar-refractivity contribution in [1.29, 1.82) is 0 Å². The molecule has 12 heteroatoms. The molecule has 5 rings (SSSR count). The van der Waals surface area contributed by atoms with Crippen LogP contribution in [0, 0.1) is 0 Å². The molecule has 0 unspecified atom stereocenters. The summed E-state index contributed by atoms with van der Waals surface area (Å²) in [6.45, 7) is 0.601. The van der Waals surface area contributed by atoms with Crippen molar-refractivity contribution in [2.24, 2.45) is 5.73 Å². The van der Waals surface area contributed by atoms with Crippen LogP contribution in [-0.2, 0) is 16.6 Å². The van der Waals surface area contributed by atoms with Crippen LogP contribution < -0.4 is 10.6 Å². The number of nitrogens with zero attached hydrogens (tertiary/aromatic N) is 5. The van der Waals surface area contributed by atoms with Gasteiger partial charge in [-0.3, -0.25) is 9.69 Å². The number of hydrogen-bond acceptors (Lipinski definition) is 8. The van der Waals surface area contributed by atoms with E-state index in [9.17, 15) is 23.1 Å². The SMILES string of the molecule is [2H]C1(N2CC(N(CC(N)=O)c3ncnc4ccc(C(F)(F)F)cc34)C2)CCC(O)(c2nccs2)CC1. The van der Waals surface area contributed by atoms with Gasteiger partial charge in [-0.15, -0.1) is 11.3 Å². The molecule has 1 amide bonds. The molecule has 0 bridgehead atoms. The van der Waals surface area contributed by atoms with Crippen molar-refractivity contribution >= 4 is 34.0 Å². The van der Waals surface area contributed by atoms with Crippen molar-refractivity contribution in [3.63, 3.8) is 0 Å². The van der Waals surface area contributed by atoms with Gasteiger partial charge in [-0.25, -0.2) is 15.0 Å². The summed E-state index contributed by atoms with van der Waals surface area (Å²) < 4.78 is 49.1. The van der Waals surface area contributed by atoms with E-state index < -0.39 is 29.3 Å². The zero-order valence-corrected chi connectivity index (χ0v) is 19.5. The summed E-state index contributed by atoms with van der Waals surface area (Å²) in [5, 5.41) is 13.7. The Labute approximate surface area is 205 Å². The highest BCUT2D eigenvalue weighted by Gasteiger charge is 2.43. The number of aliphatic hydroxyl groups is 1. The van der Waals surface area contributed by atoms with Crippen LogP contribution in [0.2, 0.25) is 0 Å². The monoisotopic (exact) mass is 507 g/mol. The molecular formula is C23H25F3N6O2S.